The van der Waals surface area contributed by atoms with Gasteiger partial charge in [0.15, 0.2) is 0 Å². The molecule has 0 aromatic heterocycles. The van der Waals surface area contributed by atoms with Gasteiger partial charge in [0.1, 0.15) is 5.75 Å². The predicted octanol–water partition coefficient (Wildman–Crippen LogP) is 4.17. The van der Waals surface area contributed by atoms with Crippen molar-refractivity contribution in [2.24, 2.45) is 11.8 Å². The van der Waals surface area contributed by atoms with Gasteiger partial charge in [-0.05, 0) is 62.8 Å². The Kier molecular flexibility index (Phi) is 5.66. The second-order valence-electron chi connectivity index (χ2n) is 6.01. The molecular formula is C18H27NO. The highest BCUT2D eigenvalue weighted by atomic mass is 16.5. The summed E-state index contributed by atoms with van der Waals surface area (Å²) in [7, 11) is 0. The topological polar surface area (TPSA) is 21.3 Å². The second kappa shape index (κ2) is 7.49. The van der Waals surface area contributed by atoms with Crippen molar-refractivity contribution in [2.45, 2.75) is 40.2 Å². The molecule has 20 heavy (non-hydrogen) atoms. The van der Waals surface area contributed by atoms with Gasteiger partial charge in [0.05, 0.1) is 6.61 Å². The molecule has 2 rings (SSSR count). The van der Waals surface area contributed by atoms with Crippen molar-refractivity contribution in [3.05, 3.63) is 41.5 Å². The maximum absolute atomic E-state index is 5.54. The summed E-state index contributed by atoms with van der Waals surface area (Å²) in [5.41, 5.74) is 2.85. The van der Waals surface area contributed by atoms with E-state index in [0.29, 0.717) is 0 Å². The molecule has 0 aliphatic heterocycles. The van der Waals surface area contributed by atoms with E-state index >= 15 is 0 Å². The van der Waals surface area contributed by atoms with Crippen LogP contribution in [0.15, 0.2) is 35.9 Å². The second-order valence-corrected chi connectivity index (χ2v) is 6.01. The maximum atomic E-state index is 5.54. The Morgan fingerprint density at radius 1 is 1.35 bits per heavy atom. The van der Waals surface area contributed by atoms with Crippen LogP contribution in [0, 0.1) is 11.8 Å². The Labute approximate surface area is 123 Å². The van der Waals surface area contributed by atoms with E-state index in [2.05, 4.69) is 43.4 Å². The zero-order valence-corrected chi connectivity index (χ0v) is 13.0. The monoisotopic (exact) mass is 273 g/mol. The Bertz CT molecular complexity index is 452. The first kappa shape index (κ1) is 15.1. The highest BCUT2D eigenvalue weighted by molar-refractivity contribution is 5.28. The zero-order chi connectivity index (χ0) is 14.4. The van der Waals surface area contributed by atoms with Crippen molar-refractivity contribution in [3.8, 4) is 5.75 Å². The van der Waals surface area contributed by atoms with Gasteiger partial charge in [-0.2, -0.15) is 0 Å². The average molecular weight is 273 g/mol. The van der Waals surface area contributed by atoms with Crippen LogP contribution in [0.25, 0.3) is 0 Å². The molecule has 0 amide bonds. The van der Waals surface area contributed by atoms with Gasteiger partial charge >= 0.3 is 0 Å². The highest BCUT2D eigenvalue weighted by Gasteiger charge is 2.17. The van der Waals surface area contributed by atoms with Crippen molar-refractivity contribution in [2.75, 3.05) is 13.2 Å². The lowest BCUT2D eigenvalue weighted by atomic mass is 9.84. The summed E-state index contributed by atoms with van der Waals surface area (Å²) in [6.07, 6.45) is 4.97. The maximum Gasteiger partial charge on any atom is 0.119 e. The molecule has 0 saturated heterocycles. The Morgan fingerprint density at radius 2 is 2.20 bits per heavy atom. The summed E-state index contributed by atoms with van der Waals surface area (Å²) in [5.74, 6) is 2.48. The van der Waals surface area contributed by atoms with Crippen molar-refractivity contribution < 1.29 is 4.74 Å². The van der Waals surface area contributed by atoms with E-state index in [1.807, 2.05) is 13.0 Å². The van der Waals surface area contributed by atoms with Crippen molar-refractivity contribution in [3.63, 3.8) is 0 Å². The van der Waals surface area contributed by atoms with Crippen LogP contribution >= 0.6 is 0 Å². The largest absolute Gasteiger partial charge is 0.494 e. The molecular weight excluding hydrogens is 246 g/mol. The Balaban J connectivity index is 1.78. The number of allylic oxidation sites excluding steroid dienone is 2. The molecule has 0 spiro atoms. The van der Waals surface area contributed by atoms with Gasteiger partial charge in [-0.25, -0.2) is 0 Å². The predicted molar refractivity (Wildman–Crippen MR) is 85.0 cm³/mol. The van der Waals surface area contributed by atoms with E-state index < -0.39 is 0 Å². The summed E-state index contributed by atoms with van der Waals surface area (Å²) in [6.45, 7) is 9.35. The summed E-state index contributed by atoms with van der Waals surface area (Å²) in [6, 6.07) is 8.37. The van der Waals surface area contributed by atoms with Gasteiger partial charge in [-0.15, -0.1) is 0 Å². The fourth-order valence-electron chi connectivity index (χ4n) is 3.17. The first-order valence-corrected chi connectivity index (χ1v) is 7.77. The van der Waals surface area contributed by atoms with Crippen LogP contribution in [0.4, 0.5) is 0 Å². The number of hydrogen-bond donors (Lipinski definition) is 1. The molecule has 1 aromatic rings. The molecule has 1 aromatic carbocycles. The summed E-state index contributed by atoms with van der Waals surface area (Å²) < 4.78 is 5.54. The quantitative estimate of drug-likeness (QED) is 0.786. The highest BCUT2D eigenvalue weighted by Crippen LogP contribution is 2.27. The first-order chi connectivity index (χ1) is 9.67. The first-order valence-electron chi connectivity index (χ1n) is 7.77. The van der Waals surface area contributed by atoms with E-state index in [1.54, 1.807) is 5.57 Å². The molecule has 2 heteroatoms. The van der Waals surface area contributed by atoms with E-state index in [9.17, 15) is 0 Å². The standard InChI is InChI=1S/C18H27NO/c1-4-20-18-7-5-6-16(11-18)12-19-13-17-9-14(2)8-15(3)10-17/h5-8,11,14,17,19H,4,9-10,12-13H2,1-3H3. The minimum Gasteiger partial charge on any atom is -0.494 e. The molecule has 2 atom stereocenters. The lowest BCUT2D eigenvalue weighted by Gasteiger charge is -2.25. The molecule has 0 radical (unpaired) electrons. The van der Waals surface area contributed by atoms with Crippen molar-refractivity contribution >= 4 is 0 Å². The molecule has 1 aliphatic rings. The number of hydrogen-bond acceptors (Lipinski definition) is 2. The van der Waals surface area contributed by atoms with E-state index in [-0.39, 0.29) is 0 Å². The van der Waals surface area contributed by atoms with Gasteiger partial charge in [0.2, 0.25) is 0 Å². The Hall–Kier alpha value is -1.28. The average Bonchev–Trinajstić information content (AvgIpc) is 2.38. The van der Waals surface area contributed by atoms with Gasteiger partial charge < -0.3 is 10.1 Å². The fraction of sp³-hybridized carbons (Fsp3) is 0.556. The van der Waals surface area contributed by atoms with Crippen molar-refractivity contribution in [1.29, 1.82) is 0 Å². The lowest BCUT2D eigenvalue weighted by Crippen LogP contribution is -2.25. The van der Waals surface area contributed by atoms with Gasteiger partial charge in [-0.3, -0.25) is 0 Å². The lowest BCUT2D eigenvalue weighted by molar-refractivity contribution is 0.339. The minimum atomic E-state index is 0.725. The van der Waals surface area contributed by atoms with E-state index in [0.717, 1.165) is 37.3 Å². The minimum absolute atomic E-state index is 0.725. The van der Waals surface area contributed by atoms with E-state index in [1.165, 1.54) is 18.4 Å². The van der Waals surface area contributed by atoms with Gasteiger partial charge in [0.25, 0.3) is 0 Å². The van der Waals surface area contributed by atoms with Crippen LogP contribution in [-0.2, 0) is 6.54 Å². The van der Waals surface area contributed by atoms with Gasteiger partial charge in [-0.1, -0.05) is 30.7 Å². The van der Waals surface area contributed by atoms with Crippen LogP contribution in [0.3, 0.4) is 0 Å². The fourth-order valence-corrected chi connectivity index (χ4v) is 3.17. The molecule has 0 heterocycles. The van der Waals surface area contributed by atoms with Crippen LogP contribution in [0.1, 0.15) is 39.2 Å². The van der Waals surface area contributed by atoms with Crippen LogP contribution in [0.2, 0.25) is 0 Å². The molecule has 1 aliphatic carbocycles. The summed E-state index contributed by atoms with van der Waals surface area (Å²) >= 11 is 0. The number of benzene rings is 1. The zero-order valence-electron chi connectivity index (χ0n) is 13.0. The van der Waals surface area contributed by atoms with Gasteiger partial charge in [0, 0.05) is 6.54 Å². The van der Waals surface area contributed by atoms with Crippen LogP contribution in [-0.4, -0.2) is 13.2 Å². The van der Waals surface area contributed by atoms with Crippen LogP contribution < -0.4 is 10.1 Å². The third-order valence-corrected chi connectivity index (χ3v) is 3.86. The number of rotatable bonds is 6. The molecule has 0 saturated carbocycles. The summed E-state index contributed by atoms with van der Waals surface area (Å²) in [5, 5.41) is 3.60. The molecule has 0 fully saturated rings. The molecule has 1 N–H and O–H groups in total. The molecule has 0 bridgehead atoms. The third kappa shape index (κ3) is 4.68. The Morgan fingerprint density at radius 3 is 2.95 bits per heavy atom. The number of ether oxygens (including phenoxy) is 1. The van der Waals surface area contributed by atoms with Crippen molar-refractivity contribution in [1.82, 2.24) is 5.32 Å². The SMILES string of the molecule is CCOc1cccc(CNCC2CC(C)=CC(C)C2)c1. The number of nitrogens with one attached hydrogen (secondary N) is 1. The third-order valence-electron chi connectivity index (χ3n) is 3.86. The van der Waals surface area contributed by atoms with E-state index in [4.69, 9.17) is 4.74 Å². The summed E-state index contributed by atoms with van der Waals surface area (Å²) in [4.78, 5) is 0. The molecule has 2 unspecified atom stereocenters. The van der Waals surface area contributed by atoms with Crippen LogP contribution in [0.5, 0.6) is 5.75 Å². The normalized spacial score (nSPS) is 22.4. The molecule has 110 valence electrons. The smallest absolute Gasteiger partial charge is 0.119 e. The molecule has 2 nitrogen and oxygen atoms in total.